The van der Waals surface area contributed by atoms with E-state index in [1.54, 1.807) is 18.9 Å². The van der Waals surface area contributed by atoms with E-state index in [0.717, 1.165) is 28.1 Å². The zero-order chi connectivity index (χ0) is 23.6. The Kier molecular flexibility index (Phi) is 4.95. The van der Waals surface area contributed by atoms with E-state index in [1.807, 2.05) is 32.9 Å². The van der Waals surface area contributed by atoms with E-state index in [9.17, 15) is 18.0 Å². The summed E-state index contributed by atoms with van der Waals surface area (Å²) in [5, 5.41) is 13.1. The number of aromatic nitrogens is 2. The molecule has 2 heterocycles. The number of alkyl halides is 2. The average molecular weight is 442 g/mol. The lowest BCUT2D eigenvalue weighted by atomic mass is 9.85. The van der Waals surface area contributed by atoms with Gasteiger partial charge in [0.05, 0.1) is 22.7 Å². The quantitative estimate of drug-likeness (QED) is 0.570. The van der Waals surface area contributed by atoms with E-state index in [1.165, 1.54) is 12.1 Å². The summed E-state index contributed by atoms with van der Waals surface area (Å²) in [6, 6.07) is 7.15. The molecule has 2 aromatic carbocycles. The van der Waals surface area contributed by atoms with Gasteiger partial charge in [-0.25, -0.2) is 13.2 Å². The Morgan fingerprint density at radius 1 is 1.16 bits per heavy atom. The summed E-state index contributed by atoms with van der Waals surface area (Å²) in [5.41, 5.74) is 1.16. The number of fused-ring (bicyclic) bond motifs is 2. The molecule has 1 N–H and O–H groups in total. The van der Waals surface area contributed by atoms with E-state index in [2.05, 4.69) is 15.5 Å². The van der Waals surface area contributed by atoms with Crippen LogP contribution in [0.15, 0.2) is 30.3 Å². The maximum absolute atomic E-state index is 14.9. The average Bonchev–Trinajstić information content (AvgIpc) is 2.88. The number of benzene rings is 2. The Bertz CT molecular complexity index is 1250. The molecule has 0 fully saturated rings. The minimum Gasteiger partial charge on any atom is -0.361 e. The molecule has 0 aliphatic carbocycles. The van der Waals surface area contributed by atoms with Gasteiger partial charge in [0.1, 0.15) is 5.82 Å². The third kappa shape index (κ3) is 3.29. The van der Waals surface area contributed by atoms with E-state index >= 15 is 0 Å². The molecule has 1 aromatic heterocycles. The van der Waals surface area contributed by atoms with Gasteiger partial charge in [0.2, 0.25) is 5.91 Å². The fourth-order valence-electron chi connectivity index (χ4n) is 4.35. The zero-order valence-electron chi connectivity index (χ0n) is 18.8. The smallest absolute Gasteiger partial charge is 0.273 e. The first kappa shape index (κ1) is 22.0. The lowest BCUT2D eigenvalue weighted by molar-refractivity contribution is -0.121. The molecule has 0 saturated heterocycles. The van der Waals surface area contributed by atoms with Gasteiger partial charge >= 0.3 is 0 Å². The number of anilines is 2. The normalized spacial score (nSPS) is 16.4. The monoisotopic (exact) mass is 442 g/mol. The topological polar surface area (TPSA) is 58.1 Å². The molecule has 1 amide bonds. The van der Waals surface area contributed by atoms with Crippen molar-refractivity contribution in [2.45, 2.75) is 52.0 Å². The number of aryl methyl sites for hydroxylation is 1. The van der Waals surface area contributed by atoms with Crippen LogP contribution in [0.5, 0.6) is 0 Å². The van der Waals surface area contributed by atoms with E-state index < -0.39 is 28.8 Å². The van der Waals surface area contributed by atoms with Crippen LogP contribution in [0, 0.1) is 12.7 Å². The van der Waals surface area contributed by atoms with Crippen molar-refractivity contribution in [3.63, 3.8) is 0 Å². The van der Waals surface area contributed by atoms with Gasteiger partial charge in [-0.05, 0) is 45.4 Å². The Balaban J connectivity index is 1.81. The molecule has 1 atom stereocenters. The molecule has 0 saturated carbocycles. The van der Waals surface area contributed by atoms with Gasteiger partial charge in [-0.2, -0.15) is 5.10 Å². The molecule has 0 bridgehead atoms. The summed E-state index contributed by atoms with van der Waals surface area (Å²) < 4.78 is 42.4. The van der Waals surface area contributed by atoms with E-state index in [0.29, 0.717) is 18.4 Å². The maximum atomic E-state index is 14.9. The van der Waals surface area contributed by atoms with Crippen molar-refractivity contribution in [2.24, 2.45) is 0 Å². The molecule has 0 spiro atoms. The summed E-state index contributed by atoms with van der Waals surface area (Å²) in [6.45, 7) is 7.94. The highest BCUT2D eigenvalue weighted by Crippen LogP contribution is 2.44. The summed E-state index contributed by atoms with van der Waals surface area (Å²) in [6.07, 6.45) is 0. The highest BCUT2D eigenvalue weighted by Gasteiger charge is 2.42. The van der Waals surface area contributed by atoms with E-state index in [-0.39, 0.29) is 11.5 Å². The second-order valence-electron chi connectivity index (χ2n) is 9.00. The first-order valence-corrected chi connectivity index (χ1v) is 10.4. The number of hydrogen-bond donors (Lipinski definition) is 1. The Morgan fingerprint density at radius 3 is 2.50 bits per heavy atom. The largest absolute Gasteiger partial charge is 0.361 e. The number of hydrogen-bond acceptors (Lipinski definition) is 4. The summed E-state index contributed by atoms with van der Waals surface area (Å²) in [7, 11) is 1.73. The number of nitrogens with zero attached hydrogens (tertiary/aromatic N) is 3. The second kappa shape index (κ2) is 7.18. The van der Waals surface area contributed by atoms with Crippen LogP contribution in [-0.4, -0.2) is 23.2 Å². The molecule has 0 radical (unpaired) electrons. The van der Waals surface area contributed by atoms with Gasteiger partial charge < -0.3 is 10.2 Å². The number of rotatable bonds is 4. The van der Waals surface area contributed by atoms with Gasteiger partial charge in [-0.1, -0.05) is 18.2 Å². The van der Waals surface area contributed by atoms with Crippen LogP contribution < -0.4 is 10.2 Å². The van der Waals surface area contributed by atoms with Crippen LogP contribution in [0.4, 0.5) is 24.7 Å². The fourth-order valence-corrected chi connectivity index (χ4v) is 4.35. The Morgan fingerprint density at radius 2 is 1.84 bits per heavy atom. The third-order valence-corrected chi connectivity index (χ3v) is 6.28. The summed E-state index contributed by atoms with van der Waals surface area (Å²) in [4.78, 5) is 14.3. The van der Waals surface area contributed by atoms with Gasteiger partial charge in [-0.15, -0.1) is 5.10 Å². The second-order valence-corrected chi connectivity index (χ2v) is 9.00. The predicted octanol–water partition coefficient (Wildman–Crippen LogP) is 5.62. The predicted molar refractivity (Wildman–Crippen MR) is 119 cm³/mol. The van der Waals surface area contributed by atoms with Crippen molar-refractivity contribution in [3.8, 4) is 0 Å². The minimum atomic E-state index is -3.29. The molecule has 4 rings (SSSR count). The molecule has 3 aromatic rings. The SMILES string of the molecule is Cc1nnc(N[C@H](C)c2cccc(C(C)(F)F)c2F)c2cc3c(cc12)C(C)(C)C(=O)N3C. The molecule has 32 heavy (non-hydrogen) atoms. The van der Waals surface area contributed by atoms with Crippen LogP contribution in [-0.2, 0) is 16.1 Å². The number of amides is 1. The molecule has 8 heteroatoms. The summed E-state index contributed by atoms with van der Waals surface area (Å²) in [5.74, 6) is -3.86. The molecular weight excluding hydrogens is 417 g/mol. The van der Waals surface area contributed by atoms with Crippen LogP contribution in [0.25, 0.3) is 10.8 Å². The molecule has 5 nitrogen and oxygen atoms in total. The van der Waals surface area contributed by atoms with E-state index in [4.69, 9.17) is 0 Å². The van der Waals surface area contributed by atoms with Crippen LogP contribution in [0.1, 0.15) is 56.1 Å². The number of halogens is 3. The number of likely N-dealkylation sites (N-methyl/N-ethyl adjacent to an activating group) is 1. The van der Waals surface area contributed by atoms with Crippen molar-refractivity contribution in [3.05, 3.63) is 58.5 Å². The van der Waals surface area contributed by atoms with Crippen molar-refractivity contribution in [1.29, 1.82) is 0 Å². The highest BCUT2D eigenvalue weighted by atomic mass is 19.3. The van der Waals surface area contributed by atoms with Crippen molar-refractivity contribution >= 4 is 28.2 Å². The number of carbonyl (C=O) groups is 1. The Labute approximate surface area is 184 Å². The zero-order valence-corrected chi connectivity index (χ0v) is 18.8. The lowest BCUT2D eigenvalue weighted by Gasteiger charge is -2.21. The van der Waals surface area contributed by atoms with Crippen molar-refractivity contribution in [1.82, 2.24) is 10.2 Å². The van der Waals surface area contributed by atoms with Crippen molar-refractivity contribution in [2.75, 3.05) is 17.3 Å². The molecule has 1 aliphatic rings. The van der Waals surface area contributed by atoms with Gasteiger partial charge in [-0.3, -0.25) is 4.79 Å². The molecular formula is C24H25F3N4O. The fraction of sp³-hybridized carbons (Fsp3) is 0.375. The van der Waals surface area contributed by atoms with Gasteiger partial charge in [0.15, 0.2) is 5.82 Å². The van der Waals surface area contributed by atoms with Crippen LogP contribution in [0.3, 0.4) is 0 Å². The molecule has 168 valence electrons. The minimum absolute atomic E-state index is 0.0105. The first-order valence-electron chi connectivity index (χ1n) is 10.4. The molecule has 1 aliphatic heterocycles. The first-order chi connectivity index (χ1) is 14.8. The van der Waals surface area contributed by atoms with Crippen LogP contribution >= 0.6 is 0 Å². The maximum Gasteiger partial charge on any atom is 0.273 e. The standard InChI is InChI=1S/C24H25F3N4O/c1-12(14-8-7-9-17(20(14)25)24(5,26)27)28-21-16-11-19-18(10-15(16)13(2)29-30-21)23(3,4)22(32)31(19)6/h7-12H,1-6H3,(H,28,30)/t12-/m1/s1. The van der Waals surface area contributed by atoms with Gasteiger partial charge in [0.25, 0.3) is 5.92 Å². The lowest BCUT2D eigenvalue weighted by Crippen LogP contribution is -2.33. The van der Waals surface area contributed by atoms with Gasteiger partial charge in [0, 0.05) is 36.0 Å². The van der Waals surface area contributed by atoms with Crippen LogP contribution in [0.2, 0.25) is 0 Å². The summed E-state index contributed by atoms with van der Waals surface area (Å²) >= 11 is 0. The Hall–Kier alpha value is -3.16. The number of carbonyl (C=O) groups excluding carboxylic acids is 1. The van der Waals surface area contributed by atoms with Crippen molar-refractivity contribution < 1.29 is 18.0 Å². The molecule has 0 unspecified atom stereocenters. The third-order valence-electron chi connectivity index (χ3n) is 6.28. The number of nitrogens with one attached hydrogen (secondary N) is 1. The highest BCUT2D eigenvalue weighted by molar-refractivity contribution is 6.10.